The maximum absolute atomic E-state index is 2.49. The van der Waals surface area contributed by atoms with Gasteiger partial charge in [0.05, 0.1) is 33.1 Å². The lowest BCUT2D eigenvalue weighted by atomic mass is 9.82. The molecule has 6 heteroatoms. The quantitative estimate of drug-likeness (QED) is 0.119. The molecule has 3 aliphatic rings. The standard InChI is InChI=1S/C65H44N2S.C56H34N2S/c1-65(2)55-23-13-12-21-50(55)51-36-34-49(40-56(51)65)66(46-19-10-5-11-20-46)47-30-25-42(26-31-47)43-27-32-48(33-28-43)67-57-24-14-22-52-54-39-45(41-15-6-3-7-16-41)29-35-53(54)61-63-59(38-37-58(67)62(63)60(52)57)68-64(61)44-17-8-4-9-18-44;1-3-12-35(13-4-1)39-26-31-45-46(34-39)44-18-11-21-49-52(44)54-50(32-33-51-55(54)53(45)56(59-51)38-14-5-2-6-15-38)58(49)41-29-24-37(25-30-41)36-22-27-40(28-23-36)57-47-19-9-7-16-42(47)43-17-8-10-20-48(43)57/h3-40H,1-2H3;1-34H. The molecule has 27 rings (SSSR count). The molecule has 0 amide bonds. The molecule has 24 aromatic rings. The second-order valence-corrected chi connectivity index (χ2v) is 36.6. The minimum absolute atomic E-state index is 0.0830. The van der Waals surface area contributed by atoms with Crippen LogP contribution in [0.5, 0.6) is 0 Å². The number of thiophene rings is 2. The summed E-state index contributed by atoms with van der Waals surface area (Å²) in [5.74, 6) is 0. The third-order valence-corrected chi connectivity index (χ3v) is 29.7. The summed E-state index contributed by atoms with van der Waals surface area (Å²) in [5, 5.41) is 10.6. The Morgan fingerprint density at radius 1 is 0.205 bits per heavy atom. The highest BCUT2D eigenvalue weighted by Crippen LogP contribution is 2.60. The predicted molar refractivity (Wildman–Crippen MR) is 540 cm³/mol. The highest BCUT2D eigenvalue weighted by Gasteiger charge is 2.37. The number of rotatable bonds is 12. The van der Waals surface area contributed by atoms with Crippen LogP contribution >= 0.6 is 22.7 Å². The number of aromatic nitrogens is 3. The largest absolute Gasteiger partial charge is 0.310 e. The lowest BCUT2D eigenvalue weighted by Gasteiger charge is -2.28. The van der Waals surface area contributed by atoms with Crippen LogP contribution in [0.25, 0.3) is 224 Å². The van der Waals surface area contributed by atoms with Crippen molar-refractivity contribution >= 4 is 125 Å². The van der Waals surface area contributed by atoms with Crippen molar-refractivity contribution in [3.63, 3.8) is 0 Å². The van der Waals surface area contributed by atoms with Crippen LogP contribution in [0.3, 0.4) is 0 Å². The van der Waals surface area contributed by atoms with Crippen LogP contribution in [0.2, 0.25) is 0 Å². The van der Waals surface area contributed by atoms with Gasteiger partial charge in [-0.2, -0.15) is 0 Å². The first-order chi connectivity index (χ1) is 62.8. The third kappa shape index (κ3) is 11.3. The molecule has 4 nitrogen and oxygen atoms in total. The first-order valence-corrected chi connectivity index (χ1v) is 45.5. The lowest BCUT2D eigenvalue weighted by molar-refractivity contribution is 0.660. The van der Waals surface area contributed by atoms with Gasteiger partial charge in [-0.3, -0.25) is 0 Å². The molecular formula is C121H78N4S2. The predicted octanol–water partition coefficient (Wildman–Crippen LogP) is 34.2. The van der Waals surface area contributed by atoms with Crippen molar-refractivity contribution in [3.05, 3.63) is 448 Å². The number of anilines is 3. The van der Waals surface area contributed by atoms with Crippen LogP contribution in [-0.2, 0) is 5.41 Å². The van der Waals surface area contributed by atoms with E-state index in [1.54, 1.807) is 0 Å². The number of benzene rings is 19. The zero-order valence-electron chi connectivity index (χ0n) is 69.7. The van der Waals surface area contributed by atoms with Gasteiger partial charge in [-0.15, -0.1) is 22.7 Å². The summed E-state index contributed by atoms with van der Waals surface area (Å²) < 4.78 is 9.99. The Morgan fingerprint density at radius 2 is 0.535 bits per heavy atom. The van der Waals surface area contributed by atoms with E-state index in [1.807, 2.05) is 22.7 Å². The fraction of sp³-hybridized carbons (Fsp3) is 0.0248. The van der Waals surface area contributed by atoms with Gasteiger partial charge in [0.15, 0.2) is 0 Å². The molecule has 0 fully saturated rings. The fourth-order valence-corrected chi connectivity index (χ4v) is 23.9. The SMILES string of the molecule is CC1(C)c2ccccc2-c2ccc(N(c3ccccc3)c3ccc(-c4ccc(-n5c6cccc7c6c6c8c(c(-c9ccccc9)sc8ccc65)-c5ccc(-c6ccccc6)cc5-7)cc4)cc3)cc21.c1ccc(-c2ccc3c(c2)-c2cccc4c2c2c5c-3c(-c3ccccc3)sc5ccc2n4-c2ccc(-c3ccc(-n4c5ccccc5c5ccccc54)cc3)cc2)cc1. The van der Waals surface area contributed by atoms with Crippen LogP contribution in [0.4, 0.5) is 17.1 Å². The maximum atomic E-state index is 2.49. The topological polar surface area (TPSA) is 18.0 Å². The highest BCUT2D eigenvalue weighted by atomic mass is 32.1. The van der Waals surface area contributed by atoms with Crippen molar-refractivity contribution in [1.29, 1.82) is 0 Å². The highest BCUT2D eigenvalue weighted by molar-refractivity contribution is 7.23. The van der Waals surface area contributed by atoms with E-state index in [0.717, 1.165) is 34.1 Å². The molecular weight excluding hydrogens is 1570 g/mol. The van der Waals surface area contributed by atoms with Crippen molar-refractivity contribution in [2.24, 2.45) is 0 Å². The van der Waals surface area contributed by atoms with Crippen molar-refractivity contribution in [3.8, 4) is 138 Å². The molecule has 0 N–H and O–H groups in total. The van der Waals surface area contributed by atoms with Crippen LogP contribution in [0.15, 0.2) is 437 Å². The van der Waals surface area contributed by atoms with E-state index in [2.05, 4.69) is 469 Å². The maximum Gasteiger partial charge on any atom is 0.0548 e. The molecule has 0 atom stereocenters. The number of para-hydroxylation sites is 3. The molecule has 5 aromatic heterocycles. The van der Waals surface area contributed by atoms with Crippen molar-refractivity contribution in [1.82, 2.24) is 13.7 Å². The zero-order valence-corrected chi connectivity index (χ0v) is 71.3. The third-order valence-electron chi connectivity index (χ3n) is 27.2. The second-order valence-electron chi connectivity index (χ2n) is 34.5. The Hall–Kier alpha value is -15.7. The van der Waals surface area contributed by atoms with Gasteiger partial charge in [0.2, 0.25) is 0 Å². The molecule has 19 aromatic carbocycles. The molecule has 0 bridgehead atoms. The van der Waals surface area contributed by atoms with Gasteiger partial charge in [0.1, 0.15) is 0 Å². The van der Waals surface area contributed by atoms with Gasteiger partial charge in [-0.25, -0.2) is 0 Å². The first kappa shape index (κ1) is 72.9. The number of hydrogen-bond acceptors (Lipinski definition) is 3. The van der Waals surface area contributed by atoms with Gasteiger partial charge in [-0.05, 0) is 245 Å². The molecule has 5 heterocycles. The molecule has 594 valence electrons. The Kier molecular flexibility index (Phi) is 16.5. The Morgan fingerprint density at radius 3 is 1.00 bits per heavy atom. The molecule has 3 aliphatic carbocycles. The normalized spacial score (nSPS) is 12.6. The summed E-state index contributed by atoms with van der Waals surface area (Å²) in [6, 6.07) is 161. The van der Waals surface area contributed by atoms with Gasteiger partial charge >= 0.3 is 0 Å². The zero-order chi connectivity index (χ0) is 83.7. The van der Waals surface area contributed by atoms with Crippen molar-refractivity contribution < 1.29 is 0 Å². The van der Waals surface area contributed by atoms with E-state index in [0.29, 0.717) is 0 Å². The van der Waals surface area contributed by atoms with Gasteiger partial charge in [-0.1, -0.05) is 317 Å². The van der Waals surface area contributed by atoms with E-state index < -0.39 is 0 Å². The van der Waals surface area contributed by atoms with Crippen LogP contribution in [-0.4, -0.2) is 13.7 Å². The summed E-state index contributed by atoms with van der Waals surface area (Å²) >= 11 is 3.83. The Labute approximate surface area is 743 Å². The van der Waals surface area contributed by atoms with E-state index in [4.69, 9.17) is 0 Å². The molecule has 0 spiro atoms. The van der Waals surface area contributed by atoms with Crippen LogP contribution < -0.4 is 4.90 Å². The smallest absolute Gasteiger partial charge is 0.0548 e. The summed E-state index contributed by atoms with van der Waals surface area (Å²) in [6.45, 7) is 4.70. The fourth-order valence-electron chi connectivity index (χ4n) is 21.4. The number of fused-ring (bicyclic) bond motifs is 12. The molecule has 127 heavy (non-hydrogen) atoms. The Balaban J connectivity index is 0.000000136. The van der Waals surface area contributed by atoms with E-state index in [-0.39, 0.29) is 5.41 Å². The van der Waals surface area contributed by atoms with Crippen LogP contribution in [0.1, 0.15) is 25.0 Å². The molecule has 0 radical (unpaired) electrons. The lowest BCUT2D eigenvalue weighted by Crippen LogP contribution is -2.16. The van der Waals surface area contributed by atoms with E-state index in [1.165, 1.54) is 218 Å². The van der Waals surface area contributed by atoms with E-state index >= 15 is 0 Å². The van der Waals surface area contributed by atoms with Gasteiger partial charge in [0, 0.05) is 113 Å². The molecule has 0 saturated heterocycles. The van der Waals surface area contributed by atoms with Crippen LogP contribution in [0, 0.1) is 0 Å². The number of nitrogens with zero attached hydrogens (tertiary/aromatic N) is 4. The minimum atomic E-state index is -0.0830. The number of hydrogen-bond donors (Lipinski definition) is 0. The summed E-state index contributed by atoms with van der Waals surface area (Å²) in [5.41, 5.74) is 42.2. The summed E-state index contributed by atoms with van der Waals surface area (Å²) in [4.78, 5) is 5.03. The van der Waals surface area contributed by atoms with Gasteiger partial charge in [0.25, 0.3) is 0 Å². The molecule has 0 aliphatic heterocycles. The minimum Gasteiger partial charge on any atom is -0.310 e. The second kappa shape index (κ2) is 28.7. The average molecular weight is 1650 g/mol. The van der Waals surface area contributed by atoms with Crippen molar-refractivity contribution in [2.75, 3.05) is 4.90 Å². The molecule has 0 saturated carbocycles. The van der Waals surface area contributed by atoms with Crippen molar-refractivity contribution in [2.45, 2.75) is 19.3 Å². The molecule has 0 unspecified atom stereocenters. The summed E-state index contributed by atoms with van der Waals surface area (Å²) in [6.07, 6.45) is 0. The first-order valence-electron chi connectivity index (χ1n) is 43.8. The van der Waals surface area contributed by atoms with Gasteiger partial charge < -0.3 is 18.6 Å². The Bertz CT molecular complexity index is 8530. The summed E-state index contributed by atoms with van der Waals surface area (Å²) in [7, 11) is 0. The average Bonchev–Trinajstić information content (AvgIpc) is 1.53. The monoisotopic (exact) mass is 1650 g/mol. The van der Waals surface area contributed by atoms with E-state index in [9.17, 15) is 0 Å².